The number of anilines is 2. The Bertz CT molecular complexity index is 1150. The van der Waals surface area contributed by atoms with Gasteiger partial charge in [-0.2, -0.15) is 10.2 Å². The van der Waals surface area contributed by atoms with E-state index in [0.717, 1.165) is 41.6 Å². The second-order valence-corrected chi connectivity index (χ2v) is 7.43. The fourth-order valence-electron chi connectivity index (χ4n) is 3.76. The Kier molecular flexibility index (Phi) is 4.91. The summed E-state index contributed by atoms with van der Waals surface area (Å²) in [6, 6.07) is 6.56. The summed E-state index contributed by atoms with van der Waals surface area (Å²) in [4.78, 5) is 13.2. The van der Waals surface area contributed by atoms with Gasteiger partial charge in [0.15, 0.2) is 0 Å². The molecule has 1 aliphatic carbocycles. The summed E-state index contributed by atoms with van der Waals surface area (Å²) in [5.41, 5.74) is 18.1. The van der Waals surface area contributed by atoms with E-state index < -0.39 is 0 Å². The third-order valence-corrected chi connectivity index (χ3v) is 5.39. The monoisotopic (exact) mass is 388 g/mol. The number of hydrogen-bond donors (Lipinski definition) is 3. The van der Waals surface area contributed by atoms with Crippen molar-refractivity contribution in [3.63, 3.8) is 0 Å². The molecule has 3 aromatic heterocycles. The quantitative estimate of drug-likeness (QED) is 0.626. The third kappa shape index (κ3) is 3.65. The lowest BCUT2D eigenvalue weighted by Gasteiger charge is -2.21. The molecule has 4 rings (SSSR count). The molecule has 0 spiro atoms. The van der Waals surface area contributed by atoms with Crippen molar-refractivity contribution in [1.29, 1.82) is 5.26 Å². The van der Waals surface area contributed by atoms with E-state index in [4.69, 9.17) is 16.5 Å². The van der Waals surface area contributed by atoms with E-state index in [1.165, 1.54) is 5.57 Å². The zero-order chi connectivity index (χ0) is 20.5. The molecule has 1 atom stereocenters. The first kappa shape index (κ1) is 18.9. The SMILES string of the molecule is Cc1nc(N)nc(NCc2nc3ccn(C)c3cc2C2=CCC(N)CC2)c1C#N. The summed E-state index contributed by atoms with van der Waals surface area (Å²) in [5.74, 6) is 0.567. The van der Waals surface area contributed by atoms with Gasteiger partial charge in [-0.1, -0.05) is 6.08 Å². The van der Waals surface area contributed by atoms with Gasteiger partial charge in [0.05, 0.1) is 29.0 Å². The number of nitriles is 1. The largest absolute Gasteiger partial charge is 0.368 e. The highest BCUT2D eigenvalue weighted by molar-refractivity contribution is 5.82. The van der Waals surface area contributed by atoms with Crippen LogP contribution in [0.15, 0.2) is 24.4 Å². The highest BCUT2D eigenvalue weighted by atomic mass is 15.1. The predicted octanol–water partition coefficient (Wildman–Crippen LogP) is 2.63. The molecule has 0 radical (unpaired) electrons. The molecule has 0 fully saturated rings. The van der Waals surface area contributed by atoms with Crippen molar-refractivity contribution in [2.45, 2.75) is 38.8 Å². The van der Waals surface area contributed by atoms with Crippen molar-refractivity contribution >= 4 is 28.4 Å². The first-order valence-corrected chi connectivity index (χ1v) is 9.64. The number of aryl methyl sites for hydroxylation is 2. The van der Waals surface area contributed by atoms with Crippen molar-refractivity contribution in [1.82, 2.24) is 19.5 Å². The molecule has 1 unspecified atom stereocenters. The Morgan fingerprint density at radius 2 is 2.17 bits per heavy atom. The molecule has 29 heavy (non-hydrogen) atoms. The van der Waals surface area contributed by atoms with E-state index in [1.807, 2.05) is 19.3 Å². The van der Waals surface area contributed by atoms with E-state index in [9.17, 15) is 5.26 Å². The van der Waals surface area contributed by atoms with Gasteiger partial charge in [0.25, 0.3) is 0 Å². The van der Waals surface area contributed by atoms with Crippen molar-refractivity contribution in [2.75, 3.05) is 11.1 Å². The molecule has 3 heterocycles. The number of allylic oxidation sites excluding steroid dienone is 1. The van der Waals surface area contributed by atoms with Crippen LogP contribution < -0.4 is 16.8 Å². The van der Waals surface area contributed by atoms with Gasteiger partial charge in [0.1, 0.15) is 17.5 Å². The fraction of sp³-hybridized carbons (Fsp3) is 0.333. The lowest BCUT2D eigenvalue weighted by Crippen LogP contribution is -2.21. The van der Waals surface area contributed by atoms with Crippen LogP contribution in [0.1, 0.15) is 41.8 Å². The molecule has 0 bridgehead atoms. The number of nitrogens with one attached hydrogen (secondary N) is 1. The molecule has 148 valence electrons. The molecular formula is C21H24N8. The highest BCUT2D eigenvalue weighted by Crippen LogP contribution is 2.31. The van der Waals surface area contributed by atoms with Gasteiger partial charge >= 0.3 is 0 Å². The number of nitrogens with two attached hydrogens (primary N) is 2. The first-order chi connectivity index (χ1) is 14.0. The number of rotatable bonds is 4. The van der Waals surface area contributed by atoms with Crippen LogP contribution in [0.2, 0.25) is 0 Å². The Balaban J connectivity index is 1.74. The molecule has 1 aliphatic rings. The number of aromatic nitrogens is 4. The molecule has 8 heteroatoms. The average molecular weight is 388 g/mol. The van der Waals surface area contributed by atoms with Crippen LogP contribution in [0.5, 0.6) is 0 Å². The van der Waals surface area contributed by atoms with E-state index in [1.54, 1.807) is 6.92 Å². The topological polar surface area (TPSA) is 131 Å². The normalized spacial score (nSPS) is 16.5. The minimum atomic E-state index is 0.139. The second-order valence-electron chi connectivity index (χ2n) is 7.43. The lowest BCUT2D eigenvalue weighted by molar-refractivity contribution is 0.614. The summed E-state index contributed by atoms with van der Waals surface area (Å²) in [7, 11) is 2.02. The minimum Gasteiger partial charge on any atom is -0.368 e. The Hall–Kier alpha value is -3.44. The highest BCUT2D eigenvalue weighted by Gasteiger charge is 2.18. The smallest absolute Gasteiger partial charge is 0.222 e. The molecule has 0 aliphatic heterocycles. The van der Waals surface area contributed by atoms with E-state index in [2.05, 4.69) is 38.1 Å². The minimum absolute atomic E-state index is 0.139. The molecule has 0 amide bonds. The van der Waals surface area contributed by atoms with E-state index >= 15 is 0 Å². The molecular weight excluding hydrogens is 364 g/mol. The van der Waals surface area contributed by atoms with Crippen LogP contribution in [0.4, 0.5) is 11.8 Å². The van der Waals surface area contributed by atoms with Crippen LogP contribution in [-0.2, 0) is 13.6 Å². The van der Waals surface area contributed by atoms with Gasteiger partial charge in [-0.15, -0.1) is 0 Å². The molecule has 0 saturated heterocycles. The third-order valence-electron chi connectivity index (χ3n) is 5.39. The van der Waals surface area contributed by atoms with Gasteiger partial charge in [-0.05, 0) is 43.9 Å². The fourth-order valence-corrected chi connectivity index (χ4v) is 3.76. The number of hydrogen-bond acceptors (Lipinski definition) is 7. The van der Waals surface area contributed by atoms with Crippen molar-refractivity contribution in [3.05, 3.63) is 46.9 Å². The molecule has 8 nitrogen and oxygen atoms in total. The Morgan fingerprint density at radius 3 is 2.90 bits per heavy atom. The summed E-state index contributed by atoms with van der Waals surface area (Å²) in [6.45, 7) is 2.17. The number of fused-ring (bicyclic) bond motifs is 1. The van der Waals surface area contributed by atoms with Crippen molar-refractivity contribution in [2.24, 2.45) is 12.8 Å². The standard InChI is InChI=1S/C21H24N8/c1-12-16(10-22)20(28-21(24)26-12)25-11-18-15(13-3-5-14(23)6-4-13)9-19-17(27-18)7-8-29(19)2/h3,7-9,14H,4-6,11,23H2,1-2H3,(H3,24,25,26,28). The summed E-state index contributed by atoms with van der Waals surface area (Å²) in [5, 5.41) is 12.7. The number of nitrogens with zero attached hydrogens (tertiary/aromatic N) is 5. The van der Waals surface area contributed by atoms with E-state index in [0.29, 0.717) is 23.6 Å². The molecule has 0 aromatic carbocycles. The van der Waals surface area contributed by atoms with Crippen LogP contribution in [-0.4, -0.2) is 25.6 Å². The summed E-state index contributed by atoms with van der Waals surface area (Å²) in [6.07, 6.45) is 6.98. The predicted molar refractivity (Wildman–Crippen MR) is 114 cm³/mol. The van der Waals surface area contributed by atoms with Crippen LogP contribution in [0, 0.1) is 18.3 Å². The first-order valence-electron chi connectivity index (χ1n) is 9.64. The maximum Gasteiger partial charge on any atom is 0.222 e. The van der Waals surface area contributed by atoms with Crippen molar-refractivity contribution < 1.29 is 0 Å². The van der Waals surface area contributed by atoms with Gasteiger partial charge in [-0.3, -0.25) is 0 Å². The van der Waals surface area contributed by atoms with Crippen molar-refractivity contribution in [3.8, 4) is 6.07 Å². The summed E-state index contributed by atoms with van der Waals surface area (Å²) >= 11 is 0. The van der Waals surface area contributed by atoms with Crippen LogP contribution in [0.25, 0.3) is 16.6 Å². The zero-order valence-electron chi connectivity index (χ0n) is 16.6. The molecule has 3 aromatic rings. The van der Waals surface area contributed by atoms with E-state index in [-0.39, 0.29) is 12.0 Å². The maximum atomic E-state index is 9.46. The average Bonchev–Trinajstić information content (AvgIpc) is 3.06. The van der Waals surface area contributed by atoms with Gasteiger partial charge in [-0.25, -0.2) is 9.97 Å². The van der Waals surface area contributed by atoms with Gasteiger partial charge in [0, 0.05) is 24.8 Å². The molecule has 5 N–H and O–H groups in total. The number of pyridine rings is 1. The van der Waals surface area contributed by atoms with Crippen LogP contribution >= 0.6 is 0 Å². The van der Waals surface area contributed by atoms with Gasteiger partial charge in [0.2, 0.25) is 5.95 Å². The molecule has 0 saturated carbocycles. The summed E-state index contributed by atoms with van der Waals surface area (Å²) < 4.78 is 2.07. The Labute approximate surface area is 169 Å². The second kappa shape index (κ2) is 7.53. The number of nitrogen functional groups attached to an aromatic ring is 1. The van der Waals surface area contributed by atoms with Gasteiger partial charge < -0.3 is 21.4 Å². The Morgan fingerprint density at radius 1 is 1.34 bits per heavy atom. The zero-order valence-corrected chi connectivity index (χ0v) is 16.6. The van der Waals surface area contributed by atoms with Crippen LogP contribution in [0.3, 0.4) is 0 Å². The maximum absolute atomic E-state index is 9.46. The lowest BCUT2D eigenvalue weighted by atomic mass is 9.90.